The second-order valence-corrected chi connectivity index (χ2v) is 8.53. The van der Waals surface area contributed by atoms with Gasteiger partial charge >= 0.3 is 0 Å². The van der Waals surface area contributed by atoms with Crippen LogP contribution in [0.5, 0.6) is 0 Å². The summed E-state index contributed by atoms with van der Waals surface area (Å²) in [5, 5.41) is 16.7. The van der Waals surface area contributed by atoms with Crippen molar-refractivity contribution in [3.8, 4) is 11.3 Å². The minimum Gasteiger partial charge on any atom is -0.267 e. The standard InChI is InChI=1S/C23H24N6S/c1-23(2,3)21-25-26-22(30)29(21)24-14-19-16-28(15-17-10-6-4-7-11-17)27-20(19)18-12-8-5-9-13-18/h4-14,16H,15H2,1-3H3,(H,26,30)/b24-14-. The van der Waals surface area contributed by atoms with Crippen molar-refractivity contribution in [1.29, 1.82) is 0 Å². The van der Waals surface area contributed by atoms with Crippen LogP contribution in [0.1, 0.15) is 37.7 Å². The molecule has 0 bridgehead atoms. The molecule has 2 heterocycles. The minimum absolute atomic E-state index is 0.190. The van der Waals surface area contributed by atoms with Crippen LogP contribution in [-0.4, -0.2) is 30.9 Å². The first-order chi connectivity index (χ1) is 14.4. The maximum absolute atomic E-state index is 5.39. The highest BCUT2D eigenvalue weighted by Crippen LogP contribution is 2.23. The van der Waals surface area contributed by atoms with Gasteiger partial charge in [-0.05, 0) is 17.8 Å². The van der Waals surface area contributed by atoms with Crippen molar-refractivity contribution in [2.75, 3.05) is 0 Å². The zero-order chi connectivity index (χ0) is 21.1. The third-order valence-electron chi connectivity index (χ3n) is 4.66. The molecule has 0 aliphatic heterocycles. The molecule has 0 aliphatic rings. The first-order valence-electron chi connectivity index (χ1n) is 9.81. The second kappa shape index (κ2) is 8.20. The van der Waals surface area contributed by atoms with Gasteiger partial charge in [0.15, 0.2) is 5.82 Å². The molecule has 0 radical (unpaired) electrons. The zero-order valence-corrected chi connectivity index (χ0v) is 18.1. The van der Waals surface area contributed by atoms with E-state index in [0.29, 0.717) is 11.3 Å². The molecule has 0 amide bonds. The van der Waals surface area contributed by atoms with Gasteiger partial charge in [0.05, 0.1) is 12.8 Å². The van der Waals surface area contributed by atoms with Gasteiger partial charge in [0, 0.05) is 22.7 Å². The summed E-state index contributed by atoms with van der Waals surface area (Å²) >= 11 is 5.39. The number of benzene rings is 2. The Bertz CT molecular complexity index is 1210. The van der Waals surface area contributed by atoms with E-state index in [1.54, 1.807) is 10.9 Å². The first-order valence-corrected chi connectivity index (χ1v) is 10.2. The van der Waals surface area contributed by atoms with Crippen LogP contribution in [-0.2, 0) is 12.0 Å². The Morgan fingerprint density at radius 1 is 1.03 bits per heavy atom. The molecule has 0 aliphatic carbocycles. The molecule has 0 saturated carbocycles. The number of hydrogen-bond acceptors (Lipinski definition) is 4. The highest BCUT2D eigenvalue weighted by atomic mass is 32.1. The monoisotopic (exact) mass is 416 g/mol. The molecule has 0 atom stereocenters. The lowest BCUT2D eigenvalue weighted by atomic mass is 9.96. The van der Waals surface area contributed by atoms with Crippen molar-refractivity contribution in [3.63, 3.8) is 0 Å². The van der Waals surface area contributed by atoms with Crippen LogP contribution in [0, 0.1) is 4.77 Å². The highest BCUT2D eigenvalue weighted by Gasteiger charge is 2.21. The van der Waals surface area contributed by atoms with Gasteiger partial charge in [-0.2, -0.15) is 20.0 Å². The van der Waals surface area contributed by atoms with E-state index in [1.807, 2.05) is 47.3 Å². The fraction of sp³-hybridized carbons (Fsp3) is 0.217. The van der Waals surface area contributed by atoms with Crippen molar-refractivity contribution in [2.45, 2.75) is 32.7 Å². The summed E-state index contributed by atoms with van der Waals surface area (Å²) in [4.78, 5) is 0. The van der Waals surface area contributed by atoms with Gasteiger partial charge in [-0.25, -0.2) is 0 Å². The molecular formula is C23H24N6S. The first kappa shape index (κ1) is 20.0. The number of rotatable bonds is 5. The number of aromatic amines is 1. The molecule has 30 heavy (non-hydrogen) atoms. The predicted octanol–water partition coefficient (Wildman–Crippen LogP) is 5.03. The van der Waals surface area contributed by atoms with Crippen molar-refractivity contribution in [1.82, 2.24) is 24.7 Å². The van der Waals surface area contributed by atoms with Crippen LogP contribution in [0.3, 0.4) is 0 Å². The van der Waals surface area contributed by atoms with Gasteiger partial charge in [-0.3, -0.25) is 9.78 Å². The van der Waals surface area contributed by atoms with Crippen LogP contribution in [0.15, 0.2) is 72.0 Å². The normalized spacial score (nSPS) is 12.0. The van der Waals surface area contributed by atoms with Gasteiger partial charge in [-0.1, -0.05) is 81.4 Å². The largest absolute Gasteiger partial charge is 0.267 e. The molecule has 2 aromatic heterocycles. The number of H-pyrrole nitrogens is 1. The molecule has 4 aromatic rings. The van der Waals surface area contributed by atoms with Gasteiger partial charge < -0.3 is 0 Å². The summed E-state index contributed by atoms with van der Waals surface area (Å²) in [5.74, 6) is 0.779. The summed E-state index contributed by atoms with van der Waals surface area (Å²) in [6.45, 7) is 6.93. The van der Waals surface area contributed by atoms with E-state index in [9.17, 15) is 0 Å². The molecule has 6 nitrogen and oxygen atoms in total. The SMILES string of the molecule is CC(C)(C)c1n[nH]c(=S)n1/N=C\c1cn(Cc2ccccc2)nc1-c1ccccc1. The lowest BCUT2D eigenvalue weighted by Gasteiger charge is -2.15. The van der Waals surface area contributed by atoms with Crippen LogP contribution >= 0.6 is 12.2 Å². The van der Waals surface area contributed by atoms with E-state index in [2.05, 4.69) is 60.3 Å². The number of nitrogens with one attached hydrogen (secondary N) is 1. The van der Waals surface area contributed by atoms with Crippen LogP contribution in [0.4, 0.5) is 0 Å². The minimum atomic E-state index is -0.190. The Kier molecular flexibility index (Phi) is 5.46. The molecule has 7 heteroatoms. The van der Waals surface area contributed by atoms with E-state index in [4.69, 9.17) is 17.3 Å². The van der Waals surface area contributed by atoms with Gasteiger partial charge in [-0.15, -0.1) is 0 Å². The highest BCUT2D eigenvalue weighted by molar-refractivity contribution is 7.71. The Balaban J connectivity index is 1.75. The average molecular weight is 417 g/mol. The maximum atomic E-state index is 5.39. The van der Waals surface area contributed by atoms with Gasteiger partial charge in [0.1, 0.15) is 5.69 Å². The van der Waals surface area contributed by atoms with Crippen molar-refractivity contribution < 1.29 is 0 Å². The molecule has 0 saturated heterocycles. The molecule has 0 fully saturated rings. The fourth-order valence-electron chi connectivity index (χ4n) is 3.21. The summed E-state index contributed by atoms with van der Waals surface area (Å²) in [7, 11) is 0. The van der Waals surface area contributed by atoms with E-state index in [-0.39, 0.29) is 5.41 Å². The maximum Gasteiger partial charge on any atom is 0.216 e. The Morgan fingerprint density at radius 3 is 2.37 bits per heavy atom. The van der Waals surface area contributed by atoms with Crippen molar-refractivity contribution in [2.24, 2.45) is 5.10 Å². The summed E-state index contributed by atoms with van der Waals surface area (Å²) in [5.41, 5.74) is 3.83. The van der Waals surface area contributed by atoms with E-state index in [1.165, 1.54) is 5.56 Å². The summed E-state index contributed by atoms with van der Waals surface area (Å²) in [6, 6.07) is 20.4. The Labute approximate surface area is 180 Å². The summed E-state index contributed by atoms with van der Waals surface area (Å²) in [6.07, 6.45) is 3.82. The van der Waals surface area contributed by atoms with E-state index >= 15 is 0 Å². The smallest absolute Gasteiger partial charge is 0.216 e. The zero-order valence-electron chi connectivity index (χ0n) is 17.3. The van der Waals surface area contributed by atoms with Crippen molar-refractivity contribution in [3.05, 3.63) is 88.6 Å². The average Bonchev–Trinajstić information content (AvgIpc) is 3.31. The molecule has 2 aromatic carbocycles. The molecule has 0 unspecified atom stereocenters. The topological polar surface area (TPSA) is 63.8 Å². The van der Waals surface area contributed by atoms with E-state index in [0.717, 1.165) is 22.6 Å². The third kappa shape index (κ3) is 4.31. The Hall–Kier alpha value is -3.32. The number of aromatic nitrogens is 5. The van der Waals surface area contributed by atoms with Crippen LogP contribution in [0.2, 0.25) is 0 Å². The molecule has 1 N–H and O–H groups in total. The van der Waals surface area contributed by atoms with E-state index < -0.39 is 0 Å². The van der Waals surface area contributed by atoms with Crippen LogP contribution in [0.25, 0.3) is 11.3 Å². The fourth-order valence-corrected chi connectivity index (χ4v) is 3.39. The second-order valence-electron chi connectivity index (χ2n) is 8.14. The molecule has 0 spiro atoms. The lowest BCUT2D eigenvalue weighted by Crippen LogP contribution is -2.17. The number of hydrogen-bond donors (Lipinski definition) is 1. The lowest BCUT2D eigenvalue weighted by molar-refractivity contribution is 0.516. The third-order valence-corrected chi connectivity index (χ3v) is 4.92. The predicted molar refractivity (Wildman–Crippen MR) is 122 cm³/mol. The quantitative estimate of drug-likeness (QED) is 0.366. The molecular weight excluding hydrogens is 392 g/mol. The van der Waals surface area contributed by atoms with Crippen LogP contribution < -0.4 is 0 Å². The van der Waals surface area contributed by atoms with Crippen molar-refractivity contribution >= 4 is 18.4 Å². The van der Waals surface area contributed by atoms with Gasteiger partial charge in [0.2, 0.25) is 4.77 Å². The molecule has 152 valence electrons. The molecule has 4 rings (SSSR count). The Morgan fingerprint density at radius 2 is 1.70 bits per heavy atom. The van der Waals surface area contributed by atoms with Gasteiger partial charge in [0.25, 0.3) is 0 Å². The summed E-state index contributed by atoms with van der Waals surface area (Å²) < 4.78 is 4.09. The number of nitrogens with zero attached hydrogens (tertiary/aromatic N) is 5.